The van der Waals surface area contributed by atoms with Gasteiger partial charge < -0.3 is 10.1 Å². The van der Waals surface area contributed by atoms with E-state index in [4.69, 9.17) is 4.74 Å². The number of benzene rings is 1. The summed E-state index contributed by atoms with van der Waals surface area (Å²) in [6, 6.07) is 5.92. The Kier molecular flexibility index (Phi) is 4.80. The van der Waals surface area contributed by atoms with Crippen molar-refractivity contribution in [3.8, 4) is 5.75 Å². The van der Waals surface area contributed by atoms with E-state index < -0.39 is 0 Å². The lowest BCUT2D eigenvalue weighted by Gasteiger charge is -2.15. The molecule has 0 saturated heterocycles. The molecule has 4 heteroatoms. The molecule has 0 heterocycles. The van der Waals surface area contributed by atoms with Gasteiger partial charge in [-0.1, -0.05) is 28.1 Å². The highest BCUT2D eigenvalue weighted by Gasteiger charge is 2.09. The molecule has 88 valence electrons. The van der Waals surface area contributed by atoms with Crippen molar-refractivity contribution in [3.05, 3.63) is 29.3 Å². The van der Waals surface area contributed by atoms with Crippen molar-refractivity contribution < 1.29 is 9.53 Å². The molecule has 0 aliphatic rings. The number of aryl methyl sites for hydroxylation is 1. The summed E-state index contributed by atoms with van der Waals surface area (Å²) in [5, 5.41) is 3.21. The highest BCUT2D eigenvalue weighted by molar-refractivity contribution is 9.09. The fourth-order valence-electron chi connectivity index (χ4n) is 1.53. The van der Waals surface area contributed by atoms with Crippen LogP contribution < -0.4 is 10.1 Å². The van der Waals surface area contributed by atoms with Gasteiger partial charge in [-0.05, 0) is 31.0 Å². The molecule has 1 N–H and O–H groups in total. The molecule has 1 atom stereocenters. The van der Waals surface area contributed by atoms with Crippen molar-refractivity contribution >= 4 is 21.8 Å². The van der Waals surface area contributed by atoms with Gasteiger partial charge in [-0.2, -0.15) is 0 Å². The number of rotatable bonds is 4. The van der Waals surface area contributed by atoms with Gasteiger partial charge in [-0.3, -0.25) is 4.79 Å². The Morgan fingerprint density at radius 1 is 1.56 bits per heavy atom. The number of nitrogens with one attached hydrogen (secondary N) is 1. The minimum absolute atomic E-state index is 0.00894. The highest BCUT2D eigenvalue weighted by Crippen LogP contribution is 2.22. The van der Waals surface area contributed by atoms with Crippen LogP contribution in [0.25, 0.3) is 0 Å². The van der Waals surface area contributed by atoms with Gasteiger partial charge in [0.2, 0.25) is 5.91 Å². The van der Waals surface area contributed by atoms with Crippen LogP contribution in [0.3, 0.4) is 0 Å². The van der Waals surface area contributed by atoms with Gasteiger partial charge >= 0.3 is 0 Å². The second kappa shape index (κ2) is 5.89. The van der Waals surface area contributed by atoms with Gasteiger partial charge in [-0.15, -0.1) is 0 Å². The monoisotopic (exact) mass is 285 g/mol. The Bertz CT molecular complexity index is 379. The molecule has 0 radical (unpaired) electrons. The van der Waals surface area contributed by atoms with Crippen LogP contribution in [-0.4, -0.2) is 18.3 Å². The van der Waals surface area contributed by atoms with Crippen molar-refractivity contribution in [1.82, 2.24) is 5.32 Å². The standard InChI is InChI=1S/C12H16BrNO2/c1-8-6-10(4-5-11(8)16-3)9(2)14-12(15)7-13/h4-6,9H,7H2,1-3H3,(H,14,15). The number of ether oxygens (including phenoxy) is 1. The van der Waals surface area contributed by atoms with E-state index in [0.29, 0.717) is 5.33 Å². The maximum atomic E-state index is 11.2. The fourth-order valence-corrected chi connectivity index (χ4v) is 1.70. The second-order valence-corrected chi connectivity index (χ2v) is 4.21. The molecule has 3 nitrogen and oxygen atoms in total. The fraction of sp³-hybridized carbons (Fsp3) is 0.417. The summed E-state index contributed by atoms with van der Waals surface area (Å²) in [4.78, 5) is 11.2. The van der Waals surface area contributed by atoms with Crippen molar-refractivity contribution in [1.29, 1.82) is 0 Å². The molecule has 16 heavy (non-hydrogen) atoms. The third-order valence-corrected chi connectivity index (χ3v) is 2.93. The molecule has 1 aromatic rings. The van der Waals surface area contributed by atoms with Crippen LogP contribution >= 0.6 is 15.9 Å². The summed E-state index contributed by atoms with van der Waals surface area (Å²) in [5.74, 6) is 0.851. The summed E-state index contributed by atoms with van der Waals surface area (Å²) >= 11 is 3.12. The number of amides is 1. The summed E-state index contributed by atoms with van der Waals surface area (Å²) in [5.41, 5.74) is 2.15. The number of halogens is 1. The number of carbonyl (C=O) groups is 1. The number of methoxy groups -OCH3 is 1. The molecule has 0 spiro atoms. The van der Waals surface area contributed by atoms with E-state index in [-0.39, 0.29) is 11.9 Å². The number of carbonyl (C=O) groups excluding carboxylic acids is 1. The van der Waals surface area contributed by atoms with Gasteiger partial charge in [0.1, 0.15) is 5.75 Å². The molecular formula is C12H16BrNO2. The van der Waals surface area contributed by atoms with E-state index in [1.165, 1.54) is 0 Å². The molecule has 0 fully saturated rings. The topological polar surface area (TPSA) is 38.3 Å². The minimum atomic E-state index is -0.0130. The third-order valence-electron chi connectivity index (χ3n) is 2.42. The summed E-state index contributed by atoms with van der Waals surface area (Å²) in [6.45, 7) is 3.95. The zero-order chi connectivity index (χ0) is 12.1. The van der Waals surface area contributed by atoms with E-state index in [1.807, 2.05) is 32.0 Å². The highest BCUT2D eigenvalue weighted by atomic mass is 79.9. The van der Waals surface area contributed by atoms with Crippen LogP contribution in [0.5, 0.6) is 5.75 Å². The Balaban J connectivity index is 2.80. The average Bonchev–Trinajstić information content (AvgIpc) is 2.28. The zero-order valence-corrected chi connectivity index (χ0v) is 11.3. The lowest BCUT2D eigenvalue weighted by atomic mass is 10.1. The van der Waals surface area contributed by atoms with Crippen LogP contribution in [0.1, 0.15) is 24.1 Å². The van der Waals surface area contributed by atoms with Crippen molar-refractivity contribution in [2.24, 2.45) is 0 Å². The van der Waals surface area contributed by atoms with Crippen LogP contribution in [0.4, 0.5) is 0 Å². The van der Waals surface area contributed by atoms with Crippen LogP contribution in [0, 0.1) is 6.92 Å². The Morgan fingerprint density at radius 3 is 2.75 bits per heavy atom. The van der Waals surface area contributed by atoms with Gasteiger partial charge in [0, 0.05) is 0 Å². The summed E-state index contributed by atoms with van der Waals surface area (Å²) in [6.07, 6.45) is 0. The van der Waals surface area contributed by atoms with Crippen molar-refractivity contribution in [2.45, 2.75) is 19.9 Å². The molecule has 0 saturated carbocycles. The Labute approximate surface area is 104 Å². The van der Waals surface area contributed by atoms with Gasteiger partial charge in [0.25, 0.3) is 0 Å². The molecular weight excluding hydrogens is 270 g/mol. The lowest BCUT2D eigenvalue weighted by Crippen LogP contribution is -2.27. The SMILES string of the molecule is COc1ccc(C(C)NC(=O)CBr)cc1C. The molecule has 1 amide bonds. The molecule has 1 unspecified atom stereocenters. The molecule has 1 aromatic carbocycles. The predicted octanol–water partition coefficient (Wildman–Crippen LogP) is 2.58. The number of hydrogen-bond acceptors (Lipinski definition) is 2. The van der Waals surface area contributed by atoms with E-state index in [0.717, 1.165) is 16.9 Å². The van der Waals surface area contributed by atoms with Crippen molar-refractivity contribution in [2.75, 3.05) is 12.4 Å². The number of alkyl halides is 1. The zero-order valence-electron chi connectivity index (χ0n) is 9.71. The minimum Gasteiger partial charge on any atom is -0.496 e. The smallest absolute Gasteiger partial charge is 0.231 e. The van der Waals surface area contributed by atoms with Gasteiger partial charge in [0.05, 0.1) is 18.5 Å². The maximum absolute atomic E-state index is 11.2. The van der Waals surface area contributed by atoms with E-state index in [1.54, 1.807) is 7.11 Å². The maximum Gasteiger partial charge on any atom is 0.231 e. The Hall–Kier alpha value is -1.03. The molecule has 1 rings (SSSR count). The van der Waals surface area contributed by atoms with E-state index in [2.05, 4.69) is 21.2 Å². The normalized spacial score (nSPS) is 12.0. The second-order valence-electron chi connectivity index (χ2n) is 3.65. The van der Waals surface area contributed by atoms with Gasteiger partial charge in [0.15, 0.2) is 0 Å². The molecule has 0 aromatic heterocycles. The first-order valence-electron chi connectivity index (χ1n) is 5.08. The Morgan fingerprint density at radius 2 is 2.25 bits per heavy atom. The average molecular weight is 286 g/mol. The predicted molar refractivity (Wildman–Crippen MR) is 68.1 cm³/mol. The first-order valence-corrected chi connectivity index (χ1v) is 6.20. The van der Waals surface area contributed by atoms with Crippen LogP contribution in [0.15, 0.2) is 18.2 Å². The summed E-state index contributed by atoms with van der Waals surface area (Å²) in [7, 11) is 1.65. The molecule has 0 bridgehead atoms. The lowest BCUT2D eigenvalue weighted by molar-refractivity contribution is -0.119. The van der Waals surface area contributed by atoms with E-state index >= 15 is 0 Å². The molecule has 0 aliphatic carbocycles. The largest absolute Gasteiger partial charge is 0.496 e. The van der Waals surface area contributed by atoms with Crippen LogP contribution in [-0.2, 0) is 4.79 Å². The molecule has 0 aliphatic heterocycles. The van der Waals surface area contributed by atoms with Crippen LogP contribution in [0.2, 0.25) is 0 Å². The van der Waals surface area contributed by atoms with Gasteiger partial charge in [-0.25, -0.2) is 0 Å². The third kappa shape index (κ3) is 3.23. The quantitative estimate of drug-likeness (QED) is 0.864. The first-order chi connectivity index (χ1) is 7.58. The van der Waals surface area contributed by atoms with Crippen molar-refractivity contribution in [3.63, 3.8) is 0 Å². The van der Waals surface area contributed by atoms with E-state index in [9.17, 15) is 4.79 Å². The first kappa shape index (κ1) is 13.0. The number of hydrogen-bond donors (Lipinski definition) is 1. The summed E-state index contributed by atoms with van der Waals surface area (Å²) < 4.78 is 5.19.